The van der Waals surface area contributed by atoms with Crippen molar-refractivity contribution < 1.29 is 14.4 Å². The number of carbonyl (C=O) groups is 3. The number of anilines is 1. The highest BCUT2D eigenvalue weighted by Crippen LogP contribution is 2.17. The van der Waals surface area contributed by atoms with Crippen LogP contribution in [0.3, 0.4) is 0 Å². The summed E-state index contributed by atoms with van der Waals surface area (Å²) < 4.78 is 0. The van der Waals surface area contributed by atoms with Crippen LogP contribution in [-0.4, -0.2) is 53.0 Å². The van der Waals surface area contributed by atoms with Crippen LogP contribution < -0.4 is 27.8 Å². The molecule has 35 heavy (non-hydrogen) atoms. The molecule has 0 aliphatic heterocycles. The van der Waals surface area contributed by atoms with Gasteiger partial charge in [-0.2, -0.15) is 0 Å². The van der Waals surface area contributed by atoms with Crippen LogP contribution >= 0.6 is 0 Å². The minimum atomic E-state index is -1.16. The third-order valence-corrected chi connectivity index (χ3v) is 5.58. The zero-order valence-corrected chi connectivity index (χ0v) is 19.4. The fourth-order valence-electron chi connectivity index (χ4n) is 3.56. The van der Waals surface area contributed by atoms with Crippen LogP contribution in [0.15, 0.2) is 66.9 Å². The van der Waals surface area contributed by atoms with Crippen LogP contribution in [0.4, 0.5) is 5.69 Å². The molecule has 1 aromatic heterocycles. The molecule has 3 amide bonds. The van der Waals surface area contributed by atoms with Gasteiger partial charge in [0.15, 0.2) is 0 Å². The second-order valence-corrected chi connectivity index (χ2v) is 8.10. The fourth-order valence-corrected chi connectivity index (χ4v) is 3.56. The highest BCUT2D eigenvalue weighted by Gasteiger charge is 2.26. The normalized spacial score (nSPS) is 12.5. The predicted octanol–water partition coefficient (Wildman–Crippen LogP) is 0.669. The molecule has 3 rings (SSSR count). The highest BCUT2D eigenvalue weighted by molar-refractivity contribution is 5.99. The van der Waals surface area contributed by atoms with Crippen LogP contribution in [0, 0.1) is 0 Å². The molecule has 0 fully saturated rings. The van der Waals surface area contributed by atoms with E-state index in [1.165, 1.54) is 4.90 Å². The van der Waals surface area contributed by atoms with Crippen LogP contribution in [0.2, 0.25) is 0 Å². The van der Waals surface area contributed by atoms with Crippen LogP contribution in [0.5, 0.6) is 0 Å². The number of rotatable bonds is 11. The second kappa shape index (κ2) is 12.6. The number of fused-ring (bicyclic) bond motifs is 1. The number of carbonyl (C=O) groups excluding carboxylic acids is 3. The van der Waals surface area contributed by atoms with E-state index in [0.29, 0.717) is 18.5 Å². The molecule has 0 saturated carbocycles. The molecule has 0 aliphatic carbocycles. The van der Waals surface area contributed by atoms with E-state index >= 15 is 0 Å². The Morgan fingerprint density at radius 2 is 1.63 bits per heavy atom. The first-order valence-electron chi connectivity index (χ1n) is 11.3. The maximum Gasteiger partial charge on any atom is 0.247 e. The van der Waals surface area contributed by atoms with Crippen molar-refractivity contribution in [3.05, 3.63) is 72.4 Å². The zero-order valence-electron chi connectivity index (χ0n) is 19.4. The average molecular weight is 478 g/mol. The van der Waals surface area contributed by atoms with Crippen molar-refractivity contribution in [3.8, 4) is 0 Å². The smallest absolute Gasteiger partial charge is 0.247 e. The van der Waals surface area contributed by atoms with Gasteiger partial charge in [-0.1, -0.05) is 48.5 Å². The lowest BCUT2D eigenvalue weighted by molar-refractivity contribution is -0.134. The third-order valence-electron chi connectivity index (χ3n) is 5.58. The summed E-state index contributed by atoms with van der Waals surface area (Å²) >= 11 is 0. The molecule has 0 bridgehead atoms. The molecular formula is C25H31N7O3. The number of nitrogens with one attached hydrogen (secondary N) is 2. The Kier molecular flexibility index (Phi) is 9.24. The van der Waals surface area contributed by atoms with Crippen LogP contribution in [-0.2, 0) is 20.8 Å². The number of benzene rings is 2. The first-order valence-corrected chi connectivity index (χ1v) is 11.3. The van der Waals surface area contributed by atoms with E-state index in [4.69, 9.17) is 17.2 Å². The number of hydrogen-bond donors (Lipinski definition) is 5. The van der Waals surface area contributed by atoms with Crippen molar-refractivity contribution in [2.24, 2.45) is 17.2 Å². The Labute approximate surface area is 203 Å². The maximum absolute atomic E-state index is 13.1. The molecule has 2 aromatic carbocycles. The number of aryl methyl sites for hydroxylation is 1. The number of aromatic nitrogens is 1. The summed E-state index contributed by atoms with van der Waals surface area (Å²) in [6, 6.07) is 16.9. The van der Waals surface area contributed by atoms with Gasteiger partial charge in [0.2, 0.25) is 17.7 Å². The first kappa shape index (κ1) is 25.8. The van der Waals surface area contributed by atoms with Gasteiger partial charge in [0.1, 0.15) is 6.04 Å². The lowest BCUT2D eigenvalue weighted by Crippen LogP contribution is -2.52. The van der Waals surface area contributed by atoms with E-state index in [1.54, 1.807) is 6.20 Å². The molecule has 0 aliphatic rings. The average Bonchev–Trinajstić information content (AvgIpc) is 2.87. The van der Waals surface area contributed by atoms with Crippen molar-refractivity contribution >= 4 is 34.3 Å². The molecule has 184 valence electrons. The molecule has 0 saturated heterocycles. The first-order chi connectivity index (χ1) is 16.9. The van der Waals surface area contributed by atoms with Gasteiger partial charge >= 0.3 is 0 Å². The topological polar surface area (TPSA) is 169 Å². The summed E-state index contributed by atoms with van der Waals surface area (Å²) in [6.07, 6.45) is 2.18. The Hall–Kier alpha value is -3.86. The molecule has 0 unspecified atom stereocenters. The second-order valence-electron chi connectivity index (χ2n) is 8.10. The predicted molar refractivity (Wildman–Crippen MR) is 135 cm³/mol. The molecule has 1 heterocycles. The minimum Gasteiger partial charge on any atom is -0.343 e. The van der Waals surface area contributed by atoms with Gasteiger partial charge in [0, 0.05) is 5.39 Å². The number of nitrogens with two attached hydrogens (primary N) is 3. The number of hydrogen-bond acceptors (Lipinski definition) is 7. The minimum absolute atomic E-state index is 0.0778. The van der Waals surface area contributed by atoms with Gasteiger partial charge in [-0.25, -0.2) is 0 Å². The summed E-state index contributed by atoms with van der Waals surface area (Å²) in [4.78, 5) is 43.7. The lowest BCUT2D eigenvalue weighted by atomic mass is 10.0. The Morgan fingerprint density at radius 3 is 2.34 bits per heavy atom. The van der Waals surface area contributed by atoms with E-state index in [1.807, 2.05) is 60.7 Å². The van der Waals surface area contributed by atoms with E-state index in [9.17, 15) is 14.4 Å². The molecule has 2 atom stereocenters. The lowest BCUT2D eigenvalue weighted by Gasteiger charge is -2.23. The summed E-state index contributed by atoms with van der Waals surface area (Å²) in [5.41, 5.74) is 19.3. The van der Waals surface area contributed by atoms with E-state index in [2.05, 4.69) is 15.6 Å². The molecule has 3 aromatic rings. The highest BCUT2D eigenvalue weighted by atomic mass is 16.2. The Balaban J connectivity index is 1.71. The largest absolute Gasteiger partial charge is 0.343 e. The van der Waals surface area contributed by atoms with E-state index in [-0.39, 0.29) is 19.8 Å². The third kappa shape index (κ3) is 7.31. The zero-order chi connectivity index (χ0) is 25.2. The molecule has 8 N–H and O–H groups in total. The summed E-state index contributed by atoms with van der Waals surface area (Å²) in [5.74, 6) is -1.46. The SMILES string of the molecule is NCN(CN)C(=O)C[C@H](N)C(=O)N[C@@H](CCc1ccccc1)C(=O)Nc1cnc2ccccc2c1. The number of nitrogens with zero attached hydrogens (tertiary/aromatic N) is 2. The van der Waals surface area contributed by atoms with Gasteiger partial charge in [-0.05, 0) is 30.5 Å². The van der Waals surface area contributed by atoms with Gasteiger partial charge in [0.25, 0.3) is 0 Å². The number of amides is 3. The van der Waals surface area contributed by atoms with Crippen LogP contribution in [0.25, 0.3) is 10.9 Å². The standard InChI is InChI=1S/C25H31N7O3/c26-15-32(16-27)23(33)13-20(28)24(34)31-22(11-10-17-6-2-1-3-7-17)25(35)30-19-12-18-8-4-5-9-21(18)29-14-19/h1-9,12,14,20,22H,10-11,13,15-16,26-28H2,(H,30,35)(H,31,34)/t20-,22-/m0/s1. The van der Waals surface area contributed by atoms with Crippen LogP contribution in [0.1, 0.15) is 18.4 Å². The van der Waals surface area contributed by atoms with Crippen molar-refractivity contribution in [2.45, 2.75) is 31.3 Å². The van der Waals surface area contributed by atoms with Gasteiger partial charge in [-0.3, -0.25) is 19.4 Å². The molecule has 10 heteroatoms. The van der Waals surface area contributed by atoms with Crippen molar-refractivity contribution in [1.29, 1.82) is 0 Å². The van der Waals surface area contributed by atoms with Crippen molar-refractivity contribution in [1.82, 2.24) is 15.2 Å². The molecular weight excluding hydrogens is 446 g/mol. The van der Waals surface area contributed by atoms with Gasteiger partial charge in [0.05, 0.1) is 43.2 Å². The number of para-hydroxylation sites is 1. The summed E-state index contributed by atoms with van der Waals surface area (Å²) in [7, 11) is 0. The maximum atomic E-state index is 13.1. The molecule has 0 spiro atoms. The van der Waals surface area contributed by atoms with Crippen molar-refractivity contribution in [3.63, 3.8) is 0 Å². The Morgan fingerprint density at radius 1 is 0.943 bits per heavy atom. The summed E-state index contributed by atoms with van der Waals surface area (Å²) in [5, 5.41) is 6.40. The number of pyridine rings is 1. The molecule has 10 nitrogen and oxygen atoms in total. The van der Waals surface area contributed by atoms with Crippen molar-refractivity contribution in [2.75, 3.05) is 18.7 Å². The Bertz CT molecular complexity index is 1150. The fraction of sp³-hybridized carbons (Fsp3) is 0.280. The van der Waals surface area contributed by atoms with Gasteiger partial charge in [-0.15, -0.1) is 0 Å². The van der Waals surface area contributed by atoms with E-state index < -0.39 is 29.8 Å². The van der Waals surface area contributed by atoms with E-state index in [0.717, 1.165) is 16.5 Å². The quantitative estimate of drug-likeness (QED) is 0.253. The summed E-state index contributed by atoms with van der Waals surface area (Å²) in [6.45, 7) is -0.156. The molecule has 0 radical (unpaired) electrons. The monoisotopic (exact) mass is 477 g/mol. The van der Waals surface area contributed by atoms with Gasteiger partial charge < -0.3 is 32.7 Å².